The fraction of sp³-hybridized carbons (Fsp3) is 0.500. The van der Waals surface area contributed by atoms with Crippen LogP contribution >= 0.6 is 15.9 Å². The van der Waals surface area contributed by atoms with Crippen LogP contribution in [0.2, 0.25) is 0 Å². The molecule has 0 radical (unpaired) electrons. The average Bonchev–Trinajstić information content (AvgIpc) is 2.73. The summed E-state index contributed by atoms with van der Waals surface area (Å²) in [5.74, 6) is -0.0347. The molecule has 2 aromatic rings. The molecule has 0 unspecified atom stereocenters. The fourth-order valence-electron chi connectivity index (χ4n) is 3.30. The summed E-state index contributed by atoms with van der Waals surface area (Å²) in [5, 5.41) is 9.28. The number of nitrogens with zero attached hydrogens (tertiary/aromatic N) is 2. The van der Waals surface area contributed by atoms with E-state index in [-0.39, 0.29) is 17.5 Å². The topological polar surface area (TPSA) is 99.9 Å². The maximum Gasteiger partial charge on any atom is 0.341 e. The van der Waals surface area contributed by atoms with Crippen LogP contribution in [0, 0.1) is 5.92 Å². The predicted octanol–water partition coefficient (Wildman–Crippen LogP) is 3.96. The number of aromatic nitrogens is 2. The van der Waals surface area contributed by atoms with E-state index in [0.29, 0.717) is 35.9 Å². The highest BCUT2D eigenvalue weighted by Gasteiger charge is 2.19. The van der Waals surface area contributed by atoms with Crippen molar-refractivity contribution in [3.05, 3.63) is 50.5 Å². The third-order valence-corrected chi connectivity index (χ3v) is 5.65. The molecule has 0 saturated heterocycles. The van der Waals surface area contributed by atoms with Gasteiger partial charge in [0.1, 0.15) is 10.2 Å². The Kier molecular flexibility index (Phi) is 9.51. The van der Waals surface area contributed by atoms with E-state index in [2.05, 4.69) is 34.8 Å². The molecule has 1 atom stereocenters. The number of ether oxygens (including phenoxy) is 3. The van der Waals surface area contributed by atoms with Gasteiger partial charge in [-0.25, -0.2) is 9.78 Å². The Hall–Kier alpha value is -2.39. The van der Waals surface area contributed by atoms with Crippen molar-refractivity contribution in [2.24, 2.45) is 5.92 Å². The molecule has 0 aliphatic carbocycles. The van der Waals surface area contributed by atoms with Crippen molar-refractivity contribution in [2.45, 2.75) is 39.2 Å². The number of carbonyl (C=O) groups is 1. The average molecular weight is 497 g/mol. The number of aromatic carboxylic acids is 1. The van der Waals surface area contributed by atoms with Crippen molar-refractivity contribution in [1.82, 2.24) is 9.55 Å². The Bertz CT molecular complexity index is 944. The van der Waals surface area contributed by atoms with Crippen molar-refractivity contribution in [3.63, 3.8) is 0 Å². The second kappa shape index (κ2) is 11.9. The maximum absolute atomic E-state index is 11.8. The first kappa shape index (κ1) is 24.9. The first-order valence-corrected chi connectivity index (χ1v) is 10.9. The van der Waals surface area contributed by atoms with Crippen LogP contribution in [-0.4, -0.2) is 48.1 Å². The molecular formula is C22H29BrN2O6. The minimum absolute atomic E-state index is 0.00114. The van der Waals surface area contributed by atoms with E-state index >= 15 is 0 Å². The van der Waals surface area contributed by atoms with Crippen molar-refractivity contribution < 1.29 is 24.1 Å². The van der Waals surface area contributed by atoms with E-state index < -0.39 is 11.4 Å². The summed E-state index contributed by atoms with van der Waals surface area (Å²) in [5.41, 5.74) is 0.225. The van der Waals surface area contributed by atoms with Gasteiger partial charge < -0.3 is 23.9 Å². The lowest BCUT2D eigenvalue weighted by atomic mass is 9.96. The zero-order valence-electron chi connectivity index (χ0n) is 18.3. The predicted molar refractivity (Wildman–Crippen MR) is 120 cm³/mol. The van der Waals surface area contributed by atoms with Gasteiger partial charge in [0, 0.05) is 44.6 Å². The second-order valence-corrected chi connectivity index (χ2v) is 8.22. The summed E-state index contributed by atoms with van der Waals surface area (Å²) < 4.78 is 18.7. The third-order valence-electron chi connectivity index (χ3n) is 4.96. The van der Waals surface area contributed by atoms with Crippen molar-refractivity contribution in [2.75, 3.05) is 27.4 Å². The quantitative estimate of drug-likeness (QED) is 0.350. The molecule has 0 amide bonds. The molecular weight excluding hydrogens is 468 g/mol. The summed E-state index contributed by atoms with van der Waals surface area (Å²) >= 11 is 3.51. The Labute approximate surface area is 190 Å². The molecule has 0 fully saturated rings. The van der Waals surface area contributed by atoms with Crippen molar-refractivity contribution in [3.8, 4) is 11.6 Å². The zero-order chi connectivity index (χ0) is 23.0. The Balaban J connectivity index is 2.23. The molecule has 0 saturated carbocycles. The highest BCUT2D eigenvalue weighted by molar-refractivity contribution is 9.10. The first-order valence-electron chi connectivity index (χ1n) is 10.1. The van der Waals surface area contributed by atoms with E-state index in [1.54, 1.807) is 20.4 Å². The van der Waals surface area contributed by atoms with E-state index in [1.165, 1.54) is 12.3 Å². The van der Waals surface area contributed by atoms with Gasteiger partial charge in [0.05, 0.1) is 13.7 Å². The standard InChI is InChI=1S/C22H29BrN2O6/c1-14(2)17(25-9-8-18(26)16(13-25)22(27)28)7-6-15-12-19(31-11-5-10-29-3)21(30-4)24-20(15)23/h8-9,12-14,17H,5-7,10-11H2,1-4H3,(H,27,28)/t17-/m0/s1. The first-order chi connectivity index (χ1) is 14.8. The van der Waals surface area contributed by atoms with Crippen LogP contribution < -0.4 is 14.9 Å². The lowest BCUT2D eigenvalue weighted by Gasteiger charge is -2.25. The van der Waals surface area contributed by atoms with Crippen LogP contribution in [0.25, 0.3) is 0 Å². The van der Waals surface area contributed by atoms with Gasteiger partial charge in [-0.1, -0.05) is 13.8 Å². The van der Waals surface area contributed by atoms with Gasteiger partial charge in [-0.2, -0.15) is 0 Å². The lowest BCUT2D eigenvalue weighted by Crippen LogP contribution is -2.22. The zero-order valence-corrected chi connectivity index (χ0v) is 19.8. The number of carboxylic acid groups (broad SMARTS) is 1. The molecule has 0 bridgehead atoms. The van der Waals surface area contributed by atoms with Crippen LogP contribution in [0.4, 0.5) is 0 Å². The van der Waals surface area contributed by atoms with E-state index in [1.807, 2.05) is 10.6 Å². The van der Waals surface area contributed by atoms with E-state index in [9.17, 15) is 14.7 Å². The summed E-state index contributed by atoms with van der Waals surface area (Å²) in [6.45, 7) is 5.22. The van der Waals surface area contributed by atoms with E-state index in [4.69, 9.17) is 14.2 Å². The molecule has 8 nitrogen and oxygen atoms in total. The number of carboxylic acids is 1. The Morgan fingerprint density at radius 2 is 2.03 bits per heavy atom. The molecule has 0 aliphatic heterocycles. The maximum atomic E-state index is 11.8. The van der Waals surface area contributed by atoms with E-state index in [0.717, 1.165) is 18.4 Å². The summed E-state index contributed by atoms with van der Waals surface area (Å²) in [7, 11) is 3.19. The monoisotopic (exact) mass is 496 g/mol. The van der Waals surface area contributed by atoms with Gasteiger partial charge in [-0.15, -0.1) is 0 Å². The summed E-state index contributed by atoms with van der Waals surface area (Å²) in [6, 6.07) is 3.21. The van der Waals surface area contributed by atoms with Gasteiger partial charge in [0.25, 0.3) is 5.88 Å². The summed E-state index contributed by atoms with van der Waals surface area (Å²) in [4.78, 5) is 27.6. The van der Waals surface area contributed by atoms with Gasteiger partial charge in [-0.3, -0.25) is 4.79 Å². The second-order valence-electron chi connectivity index (χ2n) is 7.47. The van der Waals surface area contributed by atoms with Crippen LogP contribution in [0.3, 0.4) is 0 Å². The summed E-state index contributed by atoms with van der Waals surface area (Å²) in [6.07, 6.45) is 5.20. The minimum Gasteiger partial charge on any atom is -0.488 e. The number of methoxy groups -OCH3 is 2. The fourth-order valence-corrected chi connectivity index (χ4v) is 3.78. The highest BCUT2D eigenvalue weighted by atomic mass is 79.9. The number of aryl methyl sites for hydroxylation is 1. The molecule has 1 N–H and O–H groups in total. The molecule has 2 aromatic heterocycles. The van der Waals surface area contributed by atoms with Crippen LogP contribution in [0.5, 0.6) is 11.6 Å². The SMILES string of the molecule is COCCCOc1cc(CC[C@@H](C(C)C)n2ccc(=O)c(C(=O)O)c2)c(Br)nc1OC. The number of pyridine rings is 2. The molecule has 170 valence electrons. The van der Waals surface area contributed by atoms with Crippen LogP contribution in [0.1, 0.15) is 48.7 Å². The molecule has 0 spiro atoms. The minimum atomic E-state index is -1.22. The molecule has 31 heavy (non-hydrogen) atoms. The third kappa shape index (κ3) is 6.80. The molecule has 0 aliphatic rings. The van der Waals surface area contributed by atoms with Gasteiger partial charge in [0.15, 0.2) is 11.2 Å². The molecule has 9 heteroatoms. The smallest absolute Gasteiger partial charge is 0.341 e. The van der Waals surface area contributed by atoms with Crippen molar-refractivity contribution in [1.29, 1.82) is 0 Å². The largest absolute Gasteiger partial charge is 0.488 e. The molecule has 0 aromatic carbocycles. The normalized spacial score (nSPS) is 12.1. The molecule has 2 heterocycles. The Morgan fingerprint density at radius 3 is 2.65 bits per heavy atom. The number of rotatable bonds is 12. The number of halogens is 1. The molecule has 2 rings (SSSR count). The van der Waals surface area contributed by atoms with Gasteiger partial charge in [-0.05, 0) is 46.3 Å². The van der Waals surface area contributed by atoms with Gasteiger partial charge >= 0.3 is 5.97 Å². The van der Waals surface area contributed by atoms with Gasteiger partial charge in [0.2, 0.25) is 0 Å². The Morgan fingerprint density at radius 1 is 1.29 bits per heavy atom. The number of hydrogen-bond acceptors (Lipinski definition) is 6. The highest BCUT2D eigenvalue weighted by Crippen LogP contribution is 2.32. The number of hydrogen-bond donors (Lipinski definition) is 1. The lowest BCUT2D eigenvalue weighted by molar-refractivity contribution is 0.0694. The van der Waals surface area contributed by atoms with Crippen molar-refractivity contribution >= 4 is 21.9 Å². The van der Waals surface area contributed by atoms with Crippen LogP contribution in [-0.2, 0) is 11.2 Å². The van der Waals surface area contributed by atoms with Crippen LogP contribution in [0.15, 0.2) is 33.9 Å².